The van der Waals surface area contributed by atoms with Gasteiger partial charge in [-0.25, -0.2) is 4.79 Å². The molecule has 7 nitrogen and oxygen atoms in total. The molecule has 7 heteroatoms. The molecule has 0 saturated heterocycles. The standard InChI is InChI=1S/C16H16N2O5/c19-15(13-6-8-14(9-7-13)18(21)22)10-17-16(20)23-11-12-4-2-1-3-5-12/h1-9,15,19H,10-11H2,(H,17,20)/t15-/m1/s1. The maximum atomic E-state index is 11.6. The zero-order valence-electron chi connectivity index (χ0n) is 12.2. The van der Waals surface area contributed by atoms with E-state index in [9.17, 15) is 20.0 Å². The number of aliphatic hydroxyl groups excluding tert-OH is 1. The van der Waals surface area contributed by atoms with Crippen LogP contribution >= 0.6 is 0 Å². The van der Waals surface area contributed by atoms with Gasteiger partial charge in [-0.1, -0.05) is 30.3 Å². The summed E-state index contributed by atoms with van der Waals surface area (Å²) in [5.41, 5.74) is 1.27. The molecule has 2 rings (SSSR count). The number of carbonyl (C=O) groups excluding carboxylic acids is 1. The lowest BCUT2D eigenvalue weighted by molar-refractivity contribution is -0.384. The number of carbonyl (C=O) groups is 1. The second-order valence-electron chi connectivity index (χ2n) is 4.81. The molecule has 0 unspecified atom stereocenters. The molecule has 0 fully saturated rings. The highest BCUT2D eigenvalue weighted by Crippen LogP contribution is 2.17. The van der Waals surface area contributed by atoms with Gasteiger partial charge in [0.2, 0.25) is 0 Å². The third kappa shape index (κ3) is 5.08. The smallest absolute Gasteiger partial charge is 0.407 e. The monoisotopic (exact) mass is 316 g/mol. The predicted molar refractivity (Wildman–Crippen MR) is 82.7 cm³/mol. The molecule has 23 heavy (non-hydrogen) atoms. The number of benzene rings is 2. The molecule has 120 valence electrons. The minimum Gasteiger partial charge on any atom is -0.445 e. The molecule has 0 radical (unpaired) electrons. The summed E-state index contributed by atoms with van der Waals surface area (Å²) in [6.45, 7) is 0.0890. The van der Waals surface area contributed by atoms with Crippen molar-refractivity contribution in [1.29, 1.82) is 0 Å². The molecule has 0 spiro atoms. The van der Waals surface area contributed by atoms with Gasteiger partial charge in [0.25, 0.3) is 5.69 Å². The molecule has 0 aliphatic heterocycles. The lowest BCUT2D eigenvalue weighted by atomic mass is 10.1. The zero-order valence-corrected chi connectivity index (χ0v) is 12.2. The normalized spacial score (nSPS) is 11.5. The number of hydrogen-bond donors (Lipinski definition) is 2. The zero-order chi connectivity index (χ0) is 16.7. The minimum atomic E-state index is -0.972. The first-order valence-electron chi connectivity index (χ1n) is 6.93. The molecule has 1 amide bonds. The number of nitrogens with zero attached hydrogens (tertiary/aromatic N) is 1. The SMILES string of the molecule is O=C(NC[C@@H](O)c1ccc([N+](=O)[O-])cc1)OCc1ccccc1. The van der Waals surface area contributed by atoms with Crippen LogP contribution in [0.4, 0.5) is 10.5 Å². The molecule has 0 saturated carbocycles. The van der Waals surface area contributed by atoms with E-state index in [4.69, 9.17) is 4.74 Å². The summed E-state index contributed by atoms with van der Waals surface area (Å²) in [7, 11) is 0. The third-order valence-electron chi connectivity index (χ3n) is 3.14. The summed E-state index contributed by atoms with van der Waals surface area (Å²) in [6, 6.07) is 14.7. The number of hydrogen-bond acceptors (Lipinski definition) is 5. The summed E-state index contributed by atoms with van der Waals surface area (Å²) >= 11 is 0. The molecule has 2 aromatic rings. The first kappa shape index (κ1) is 16.4. The highest BCUT2D eigenvalue weighted by molar-refractivity contribution is 5.67. The first-order valence-corrected chi connectivity index (χ1v) is 6.93. The van der Waals surface area contributed by atoms with Gasteiger partial charge in [0, 0.05) is 12.1 Å². The Morgan fingerprint density at radius 2 is 1.83 bits per heavy atom. The Kier molecular flexibility index (Phi) is 5.65. The van der Waals surface area contributed by atoms with E-state index in [1.165, 1.54) is 24.3 Å². The molecule has 0 heterocycles. The first-order chi connectivity index (χ1) is 11.1. The summed E-state index contributed by atoms with van der Waals surface area (Å²) in [5, 5.41) is 22.9. The number of non-ortho nitro benzene ring substituents is 1. The number of amides is 1. The van der Waals surface area contributed by atoms with Crippen molar-refractivity contribution in [2.45, 2.75) is 12.7 Å². The molecule has 0 aliphatic rings. The van der Waals surface area contributed by atoms with Crippen LogP contribution in [-0.4, -0.2) is 22.7 Å². The van der Waals surface area contributed by atoms with Gasteiger partial charge in [0.05, 0.1) is 17.6 Å². The van der Waals surface area contributed by atoms with Crippen molar-refractivity contribution in [1.82, 2.24) is 5.32 Å². The second kappa shape index (κ2) is 7.90. The van der Waals surface area contributed by atoms with E-state index in [0.717, 1.165) is 5.56 Å². The van der Waals surface area contributed by atoms with Crippen LogP contribution in [0.5, 0.6) is 0 Å². The molecular weight excluding hydrogens is 300 g/mol. The number of nitro groups is 1. The van der Waals surface area contributed by atoms with Crippen LogP contribution in [0.2, 0.25) is 0 Å². The van der Waals surface area contributed by atoms with Crippen molar-refractivity contribution in [3.8, 4) is 0 Å². The average molecular weight is 316 g/mol. The lowest BCUT2D eigenvalue weighted by Crippen LogP contribution is -2.28. The van der Waals surface area contributed by atoms with Crippen molar-refractivity contribution in [3.63, 3.8) is 0 Å². The Morgan fingerprint density at radius 3 is 2.43 bits per heavy atom. The van der Waals surface area contributed by atoms with E-state index in [1.54, 1.807) is 0 Å². The molecule has 2 N–H and O–H groups in total. The largest absolute Gasteiger partial charge is 0.445 e. The minimum absolute atomic E-state index is 0.0502. The van der Waals surface area contributed by atoms with Crippen LogP contribution in [0, 0.1) is 10.1 Å². The fraction of sp³-hybridized carbons (Fsp3) is 0.188. The predicted octanol–water partition coefficient (Wildman–Crippen LogP) is 2.55. The lowest BCUT2D eigenvalue weighted by Gasteiger charge is -2.12. The number of nitrogens with one attached hydrogen (secondary N) is 1. The van der Waals surface area contributed by atoms with Crippen LogP contribution in [0.3, 0.4) is 0 Å². The van der Waals surface area contributed by atoms with E-state index >= 15 is 0 Å². The molecular formula is C16H16N2O5. The number of rotatable bonds is 6. The Morgan fingerprint density at radius 1 is 1.17 bits per heavy atom. The van der Waals surface area contributed by atoms with Gasteiger partial charge in [0.15, 0.2) is 0 Å². The van der Waals surface area contributed by atoms with Crippen molar-refractivity contribution in [2.75, 3.05) is 6.54 Å². The van der Waals surface area contributed by atoms with E-state index in [1.807, 2.05) is 30.3 Å². The van der Waals surface area contributed by atoms with Crippen molar-refractivity contribution in [2.24, 2.45) is 0 Å². The number of alkyl carbamates (subject to hydrolysis) is 1. The highest BCUT2D eigenvalue weighted by Gasteiger charge is 2.12. The van der Waals surface area contributed by atoms with Crippen LogP contribution in [0.25, 0.3) is 0 Å². The number of aliphatic hydroxyl groups is 1. The van der Waals surface area contributed by atoms with Gasteiger partial charge in [-0.2, -0.15) is 0 Å². The summed E-state index contributed by atoms with van der Waals surface area (Å²) < 4.78 is 5.01. The Hall–Kier alpha value is -2.93. The molecule has 0 bridgehead atoms. The highest BCUT2D eigenvalue weighted by atomic mass is 16.6. The summed E-state index contributed by atoms with van der Waals surface area (Å²) in [4.78, 5) is 21.6. The van der Waals surface area contributed by atoms with Crippen molar-refractivity contribution in [3.05, 3.63) is 75.8 Å². The van der Waals surface area contributed by atoms with Crippen LogP contribution < -0.4 is 5.32 Å². The maximum Gasteiger partial charge on any atom is 0.407 e. The van der Waals surface area contributed by atoms with Crippen molar-refractivity contribution < 1.29 is 19.6 Å². The molecule has 1 atom stereocenters. The molecule has 0 aromatic heterocycles. The van der Waals surface area contributed by atoms with Crippen LogP contribution in [-0.2, 0) is 11.3 Å². The van der Waals surface area contributed by atoms with Crippen LogP contribution in [0.15, 0.2) is 54.6 Å². The number of nitro benzene ring substituents is 1. The fourth-order valence-electron chi connectivity index (χ4n) is 1.89. The third-order valence-corrected chi connectivity index (χ3v) is 3.14. The van der Waals surface area contributed by atoms with E-state index in [0.29, 0.717) is 5.56 Å². The van der Waals surface area contributed by atoms with Crippen molar-refractivity contribution >= 4 is 11.8 Å². The topological polar surface area (TPSA) is 102 Å². The average Bonchev–Trinajstić information content (AvgIpc) is 2.58. The van der Waals surface area contributed by atoms with E-state index < -0.39 is 17.1 Å². The van der Waals surface area contributed by atoms with Crippen LogP contribution in [0.1, 0.15) is 17.2 Å². The van der Waals surface area contributed by atoms with Gasteiger partial charge in [-0.05, 0) is 23.3 Å². The summed E-state index contributed by atoms with van der Waals surface area (Å²) in [5.74, 6) is 0. The Bertz CT molecular complexity index is 658. The summed E-state index contributed by atoms with van der Waals surface area (Å²) in [6.07, 6.45) is -1.62. The Balaban J connectivity index is 1.78. The van der Waals surface area contributed by atoms with Gasteiger partial charge in [-0.3, -0.25) is 10.1 Å². The fourth-order valence-corrected chi connectivity index (χ4v) is 1.89. The van der Waals surface area contributed by atoms with E-state index in [-0.39, 0.29) is 18.8 Å². The quantitative estimate of drug-likeness (QED) is 0.630. The number of ether oxygens (including phenoxy) is 1. The van der Waals surface area contributed by atoms with Gasteiger partial charge < -0.3 is 15.2 Å². The maximum absolute atomic E-state index is 11.6. The second-order valence-corrected chi connectivity index (χ2v) is 4.81. The molecule has 2 aromatic carbocycles. The van der Waals surface area contributed by atoms with Gasteiger partial charge >= 0.3 is 6.09 Å². The van der Waals surface area contributed by atoms with Gasteiger partial charge in [0.1, 0.15) is 6.61 Å². The van der Waals surface area contributed by atoms with E-state index in [2.05, 4.69) is 5.32 Å². The Labute approximate surface area is 132 Å². The van der Waals surface area contributed by atoms with Gasteiger partial charge in [-0.15, -0.1) is 0 Å². The molecule has 0 aliphatic carbocycles.